The monoisotopic (exact) mass is 460 g/mol. The van der Waals surface area contributed by atoms with Gasteiger partial charge in [-0.1, -0.05) is 79.8 Å². The van der Waals surface area contributed by atoms with Gasteiger partial charge in [-0.05, 0) is 38.5 Å². The second-order valence-electron chi connectivity index (χ2n) is 7.30. The van der Waals surface area contributed by atoms with Crippen molar-refractivity contribution in [1.29, 1.82) is 0 Å². The summed E-state index contributed by atoms with van der Waals surface area (Å²) in [4.78, 5) is 22.2. The Labute approximate surface area is 198 Å². The highest BCUT2D eigenvalue weighted by Crippen LogP contribution is 2.01. The summed E-state index contributed by atoms with van der Waals surface area (Å²) >= 11 is 0. The molecule has 0 aliphatic carbocycles. The van der Waals surface area contributed by atoms with Crippen molar-refractivity contribution in [2.75, 3.05) is 13.2 Å². The van der Waals surface area contributed by atoms with Crippen molar-refractivity contribution < 1.29 is 29.3 Å². The fourth-order valence-corrected chi connectivity index (χ4v) is 2.39. The average molecular weight is 461 g/mol. The molecule has 0 aromatic rings. The lowest BCUT2D eigenvalue weighted by Gasteiger charge is -2.10. The number of carbonyl (C=O) groups is 2. The van der Waals surface area contributed by atoms with Gasteiger partial charge in [0.2, 0.25) is 0 Å². The molecule has 0 saturated carbocycles. The number of aliphatic hydroxyl groups is 2. The molecule has 0 bridgehead atoms. The normalized spacial score (nSPS) is 14.4. The van der Waals surface area contributed by atoms with Crippen LogP contribution in [0.25, 0.3) is 0 Å². The maximum Gasteiger partial charge on any atom is 0.306 e. The zero-order valence-corrected chi connectivity index (χ0v) is 20.0. The Morgan fingerprint density at radius 2 is 1.39 bits per heavy atom. The Kier molecular flexibility index (Phi) is 20.7. The van der Waals surface area contributed by atoms with Crippen molar-refractivity contribution >= 4 is 11.9 Å². The molecule has 184 valence electrons. The van der Waals surface area contributed by atoms with Crippen LogP contribution in [0, 0.1) is 0 Å². The minimum absolute atomic E-state index is 0.171. The maximum absolute atomic E-state index is 11.6. The number of hydrogen-bond donors (Lipinski definition) is 2. The minimum Gasteiger partial charge on any atom is -0.463 e. The van der Waals surface area contributed by atoms with Crippen LogP contribution >= 0.6 is 0 Å². The van der Waals surface area contributed by atoms with Gasteiger partial charge in [-0.2, -0.15) is 0 Å². The van der Waals surface area contributed by atoms with Crippen LogP contribution in [0.15, 0.2) is 72.9 Å². The summed E-state index contributed by atoms with van der Waals surface area (Å²) in [5.74, 6) is -0.942. The van der Waals surface area contributed by atoms with Gasteiger partial charge >= 0.3 is 11.9 Å². The second kappa shape index (κ2) is 22.5. The summed E-state index contributed by atoms with van der Waals surface area (Å²) in [6.07, 6.45) is 27.4. The first-order valence-corrected chi connectivity index (χ1v) is 11.5. The Hall–Kier alpha value is -2.70. The van der Waals surface area contributed by atoms with Gasteiger partial charge in [0, 0.05) is 13.3 Å². The lowest BCUT2D eigenvalue weighted by molar-refractivity contribution is -0.151. The molecule has 0 aromatic carbocycles. The standard InChI is InChI=1S/C27H40O6/c1-3-4-5-6-7-8-9-10-11-12-13-14-16-19-25(29)20-17-15-18-21-27(31)33-23-26(30)22-32-24(2)28/h4-5,7-8,10-11,13-17,19,25-26,29-30H,3,6,9,12,18,20-23H2,1-2H3/b5-4-,8-7-,11-10-,14-13-,17-15-,19-16-/t25?,26-/m1/s1. The van der Waals surface area contributed by atoms with Gasteiger partial charge in [-0.25, -0.2) is 0 Å². The van der Waals surface area contributed by atoms with E-state index in [4.69, 9.17) is 4.74 Å². The lowest BCUT2D eigenvalue weighted by Crippen LogP contribution is -2.24. The molecule has 6 nitrogen and oxygen atoms in total. The van der Waals surface area contributed by atoms with Crippen molar-refractivity contribution in [3.05, 3.63) is 72.9 Å². The molecule has 0 rings (SSSR count). The number of rotatable bonds is 18. The van der Waals surface area contributed by atoms with Gasteiger partial charge in [0.1, 0.15) is 19.3 Å². The Morgan fingerprint density at radius 1 is 0.788 bits per heavy atom. The van der Waals surface area contributed by atoms with Crippen molar-refractivity contribution in [3.63, 3.8) is 0 Å². The first kappa shape index (κ1) is 30.3. The van der Waals surface area contributed by atoms with E-state index in [0.717, 1.165) is 25.7 Å². The molecule has 0 aromatic heterocycles. The molecule has 1 unspecified atom stereocenters. The van der Waals surface area contributed by atoms with E-state index in [-0.39, 0.29) is 19.6 Å². The predicted molar refractivity (Wildman–Crippen MR) is 132 cm³/mol. The summed E-state index contributed by atoms with van der Waals surface area (Å²) in [6, 6.07) is 0. The third-order valence-corrected chi connectivity index (χ3v) is 4.11. The van der Waals surface area contributed by atoms with Crippen molar-refractivity contribution in [3.8, 4) is 0 Å². The molecule has 2 atom stereocenters. The molecule has 0 fully saturated rings. The van der Waals surface area contributed by atoms with E-state index < -0.39 is 24.1 Å². The smallest absolute Gasteiger partial charge is 0.306 e. The van der Waals surface area contributed by atoms with Crippen LogP contribution in [-0.2, 0) is 19.1 Å². The molecule has 2 N–H and O–H groups in total. The first-order valence-electron chi connectivity index (χ1n) is 11.5. The van der Waals surface area contributed by atoms with Crippen molar-refractivity contribution in [1.82, 2.24) is 0 Å². The summed E-state index contributed by atoms with van der Waals surface area (Å²) in [5, 5.41) is 19.4. The van der Waals surface area contributed by atoms with Gasteiger partial charge < -0.3 is 19.7 Å². The minimum atomic E-state index is -1.03. The highest BCUT2D eigenvalue weighted by Gasteiger charge is 2.09. The predicted octanol–water partition coefficient (Wildman–Crippen LogP) is 4.90. The van der Waals surface area contributed by atoms with E-state index in [0.29, 0.717) is 12.8 Å². The third kappa shape index (κ3) is 23.8. The third-order valence-electron chi connectivity index (χ3n) is 4.11. The fourth-order valence-electron chi connectivity index (χ4n) is 2.39. The molecule has 33 heavy (non-hydrogen) atoms. The molecule has 6 heteroatoms. The highest BCUT2D eigenvalue weighted by molar-refractivity contribution is 5.69. The topological polar surface area (TPSA) is 93.1 Å². The Balaban J connectivity index is 3.80. The summed E-state index contributed by atoms with van der Waals surface area (Å²) in [6.45, 7) is 2.95. The lowest BCUT2D eigenvalue weighted by atomic mass is 10.2. The van der Waals surface area contributed by atoms with E-state index in [1.165, 1.54) is 6.92 Å². The zero-order chi connectivity index (χ0) is 24.6. The molecule has 0 saturated heterocycles. The van der Waals surface area contributed by atoms with Crippen LogP contribution in [0.4, 0.5) is 0 Å². The van der Waals surface area contributed by atoms with Gasteiger partial charge in [-0.3, -0.25) is 9.59 Å². The van der Waals surface area contributed by atoms with Crippen LogP contribution < -0.4 is 0 Å². The largest absolute Gasteiger partial charge is 0.463 e. The number of aliphatic hydroxyl groups excluding tert-OH is 2. The molecular weight excluding hydrogens is 420 g/mol. The molecule has 0 aliphatic rings. The number of hydrogen-bond acceptors (Lipinski definition) is 6. The molecule has 0 spiro atoms. The maximum atomic E-state index is 11.6. The van der Waals surface area contributed by atoms with Gasteiger partial charge in [-0.15, -0.1) is 0 Å². The number of carbonyl (C=O) groups excluding carboxylic acids is 2. The van der Waals surface area contributed by atoms with Crippen LogP contribution in [-0.4, -0.2) is 47.6 Å². The fraction of sp³-hybridized carbons (Fsp3) is 0.481. The van der Waals surface area contributed by atoms with E-state index in [1.54, 1.807) is 6.08 Å². The number of allylic oxidation sites excluding steroid dienone is 10. The quantitative estimate of drug-likeness (QED) is 0.172. The molecular formula is C27H40O6. The molecule has 0 radical (unpaired) electrons. The van der Waals surface area contributed by atoms with Crippen LogP contribution in [0.2, 0.25) is 0 Å². The molecule has 0 heterocycles. The Bertz CT molecular complexity index is 685. The summed E-state index contributed by atoms with van der Waals surface area (Å²) < 4.78 is 9.52. The number of esters is 2. The van der Waals surface area contributed by atoms with Crippen LogP contribution in [0.5, 0.6) is 0 Å². The van der Waals surface area contributed by atoms with Crippen molar-refractivity contribution in [2.45, 2.75) is 71.0 Å². The summed E-state index contributed by atoms with van der Waals surface area (Å²) in [5.41, 5.74) is 0. The number of ether oxygens (including phenoxy) is 2. The van der Waals surface area contributed by atoms with Crippen molar-refractivity contribution in [2.24, 2.45) is 0 Å². The van der Waals surface area contributed by atoms with Gasteiger partial charge in [0.15, 0.2) is 0 Å². The van der Waals surface area contributed by atoms with Gasteiger partial charge in [0.05, 0.1) is 6.10 Å². The van der Waals surface area contributed by atoms with Gasteiger partial charge in [0.25, 0.3) is 0 Å². The van der Waals surface area contributed by atoms with Crippen LogP contribution in [0.3, 0.4) is 0 Å². The summed E-state index contributed by atoms with van der Waals surface area (Å²) in [7, 11) is 0. The molecule has 0 aliphatic heterocycles. The zero-order valence-electron chi connectivity index (χ0n) is 20.0. The second-order valence-corrected chi connectivity index (χ2v) is 7.30. The van der Waals surface area contributed by atoms with E-state index >= 15 is 0 Å². The highest BCUT2D eigenvalue weighted by atomic mass is 16.6. The molecule has 0 amide bonds. The van der Waals surface area contributed by atoms with E-state index in [9.17, 15) is 19.8 Å². The van der Waals surface area contributed by atoms with E-state index in [2.05, 4.69) is 48.1 Å². The van der Waals surface area contributed by atoms with Crippen LogP contribution in [0.1, 0.15) is 58.8 Å². The Morgan fingerprint density at radius 3 is 2.03 bits per heavy atom. The average Bonchev–Trinajstić information content (AvgIpc) is 2.79. The SMILES string of the molecule is CC/C=C\C/C=C\C/C=C\C/C=C\C=C/C(O)C/C=C\CCC(=O)OC[C@H](O)COC(C)=O. The van der Waals surface area contributed by atoms with E-state index in [1.807, 2.05) is 30.4 Å². The first-order chi connectivity index (χ1) is 16.0.